The zero-order valence-electron chi connectivity index (χ0n) is 12.0. The summed E-state index contributed by atoms with van der Waals surface area (Å²) in [6.45, 7) is 2.09. The number of nitrogens with one attached hydrogen (secondary N) is 1. The van der Waals surface area contributed by atoms with E-state index in [2.05, 4.69) is 15.4 Å². The van der Waals surface area contributed by atoms with Crippen LogP contribution >= 0.6 is 11.6 Å². The van der Waals surface area contributed by atoms with E-state index in [9.17, 15) is 18.0 Å². The van der Waals surface area contributed by atoms with Crippen LogP contribution in [0.25, 0.3) is 0 Å². The Balaban J connectivity index is 1.96. The summed E-state index contributed by atoms with van der Waals surface area (Å²) < 4.78 is 38.8. The normalized spacial score (nSPS) is 18.0. The van der Waals surface area contributed by atoms with Crippen molar-refractivity contribution in [3.63, 3.8) is 0 Å². The number of halogens is 4. The van der Waals surface area contributed by atoms with Crippen LogP contribution in [0.2, 0.25) is 5.02 Å². The lowest BCUT2D eigenvalue weighted by Gasteiger charge is -2.32. The molecule has 122 valence electrons. The first-order valence-corrected chi connectivity index (χ1v) is 7.24. The van der Waals surface area contributed by atoms with Crippen molar-refractivity contribution in [2.45, 2.75) is 25.6 Å². The number of H-pyrrole nitrogens is 1. The molecule has 1 aliphatic heterocycles. The number of aromatic nitrogens is 3. The van der Waals surface area contributed by atoms with E-state index in [-0.39, 0.29) is 5.56 Å². The summed E-state index contributed by atoms with van der Waals surface area (Å²) in [4.78, 5) is 14.1. The highest BCUT2D eigenvalue weighted by atomic mass is 35.5. The monoisotopic (exact) mass is 344 g/mol. The van der Waals surface area contributed by atoms with Crippen molar-refractivity contribution in [3.8, 4) is 0 Å². The highest BCUT2D eigenvalue weighted by molar-refractivity contribution is 6.34. The van der Waals surface area contributed by atoms with Gasteiger partial charge in [-0.2, -0.15) is 28.6 Å². The fraction of sp³-hybridized carbons (Fsp3) is 0.357. The molecule has 1 N–H and O–H groups in total. The van der Waals surface area contributed by atoms with Crippen LogP contribution < -0.4 is 0 Å². The van der Waals surface area contributed by atoms with Crippen LogP contribution in [-0.4, -0.2) is 32.8 Å². The molecule has 0 unspecified atom stereocenters. The minimum absolute atomic E-state index is 0.166. The van der Waals surface area contributed by atoms with Gasteiger partial charge in [0.15, 0.2) is 0 Å². The first kappa shape index (κ1) is 15.8. The van der Waals surface area contributed by atoms with E-state index in [1.807, 2.05) is 0 Å². The van der Waals surface area contributed by atoms with Gasteiger partial charge in [-0.05, 0) is 19.1 Å². The molecule has 0 saturated carbocycles. The van der Waals surface area contributed by atoms with E-state index in [0.717, 1.165) is 11.8 Å². The average Bonchev–Trinajstić information content (AvgIpc) is 2.95. The molecule has 1 amide bonds. The van der Waals surface area contributed by atoms with Crippen molar-refractivity contribution in [3.05, 3.63) is 45.7 Å². The predicted molar refractivity (Wildman–Crippen MR) is 76.0 cm³/mol. The summed E-state index contributed by atoms with van der Waals surface area (Å²) >= 11 is 5.83. The number of nitrogens with zero attached hydrogens (tertiary/aromatic N) is 3. The van der Waals surface area contributed by atoms with Crippen molar-refractivity contribution in [2.75, 3.05) is 6.54 Å². The Hall–Kier alpha value is -2.09. The van der Waals surface area contributed by atoms with E-state index >= 15 is 0 Å². The van der Waals surface area contributed by atoms with Gasteiger partial charge in [-0.3, -0.25) is 4.79 Å². The van der Waals surface area contributed by atoms with Crippen LogP contribution in [0.1, 0.15) is 40.3 Å². The fourth-order valence-corrected chi connectivity index (χ4v) is 3.01. The molecule has 0 spiro atoms. The fourth-order valence-electron chi connectivity index (χ4n) is 2.70. The number of benzene rings is 1. The Morgan fingerprint density at radius 3 is 2.83 bits per heavy atom. The third-order valence-electron chi connectivity index (χ3n) is 3.90. The molecule has 2 aromatic rings. The Morgan fingerprint density at radius 2 is 2.13 bits per heavy atom. The van der Waals surface area contributed by atoms with Gasteiger partial charge in [-0.15, -0.1) is 0 Å². The first-order valence-electron chi connectivity index (χ1n) is 6.87. The lowest BCUT2D eigenvalue weighted by Crippen LogP contribution is -2.39. The van der Waals surface area contributed by atoms with E-state index in [1.165, 1.54) is 17.0 Å². The third kappa shape index (κ3) is 2.67. The molecule has 9 heteroatoms. The van der Waals surface area contributed by atoms with Crippen LogP contribution in [0.4, 0.5) is 13.2 Å². The van der Waals surface area contributed by atoms with Crippen LogP contribution in [0.3, 0.4) is 0 Å². The van der Waals surface area contributed by atoms with Crippen molar-refractivity contribution < 1.29 is 18.0 Å². The number of aromatic amines is 1. The third-order valence-corrected chi connectivity index (χ3v) is 4.31. The van der Waals surface area contributed by atoms with Crippen molar-refractivity contribution in [1.82, 2.24) is 20.3 Å². The van der Waals surface area contributed by atoms with E-state index < -0.39 is 28.7 Å². The zero-order chi connectivity index (χ0) is 16.8. The molecule has 0 radical (unpaired) electrons. The molecule has 1 aliphatic rings. The van der Waals surface area contributed by atoms with Gasteiger partial charge in [0.2, 0.25) is 0 Å². The summed E-state index contributed by atoms with van der Waals surface area (Å²) in [7, 11) is 0. The topological polar surface area (TPSA) is 61.9 Å². The molecular weight excluding hydrogens is 333 g/mol. The number of carbonyl (C=O) groups excluding carboxylic acids is 1. The van der Waals surface area contributed by atoms with E-state index in [0.29, 0.717) is 18.7 Å². The van der Waals surface area contributed by atoms with Gasteiger partial charge in [0.25, 0.3) is 5.91 Å². The summed E-state index contributed by atoms with van der Waals surface area (Å²) in [5.74, 6) is -0.553. The zero-order valence-corrected chi connectivity index (χ0v) is 12.7. The van der Waals surface area contributed by atoms with Crippen molar-refractivity contribution >= 4 is 17.5 Å². The standard InChI is InChI=1S/C14H12ClF3N4O/c1-7-12-10(19-21-20-12)5-6-22(7)13(23)8-3-2-4-9(11(8)15)14(16,17)18/h2-4,7H,5-6H2,1H3,(H,19,20,21)/t7-/m1/s1. The van der Waals surface area contributed by atoms with Crippen LogP contribution in [0, 0.1) is 0 Å². The number of hydrogen-bond acceptors (Lipinski definition) is 3. The Bertz CT molecular complexity index is 759. The second kappa shape index (κ2) is 5.52. The maximum absolute atomic E-state index is 12.9. The summed E-state index contributed by atoms with van der Waals surface area (Å²) in [5, 5.41) is 9.91. The second-order valence-electron chi connectivity index (χ2n) is 5.24. The molecule has 23 heavy (non-hydrogen) atoms. The molecule has 5 nitrogen and oxygen atoms in total. The first-order chi connectivity index (χ1) is 10.8. The smallest absolute Gasteiger partial charge is 0.330 e. The molecule has 1 aromatic heterocycles. The van der Waals surface area contributed by atoms with Gasteiger partial charge < -0.3 is 4.90 Å². The van der Waals surface area contributed by atoms with Gasteiger partial charge in [-0.1, -0.05) is 17.7 Å². The highest BCUT2D eigenvalue weighted by Gasteiger charge is 2.37. The molecule has 0 fully saturated rings. The molecule has 2 heterocycles. The second-order valence-corrected chi connectivity index (χ2v) is 5.62. The van der Waals surface area contributed by atoms with Gasteiger partial charge in [-0.25, -0.2) is 0 Å². The van der Waals surface area contributed by atoms with Gasteiger partial charge in [0.1, 0.15) is 5.69 Å². The molecular formula is C14H12ClF3N4O. The number of amides is 1. The van der Waals surface area contributed by atoms with Crippen molar-refractivity contribution in [2.24, 2.45) is 0 Å². The van der Waals surface area contributed by atoms with E-state index in [1.54, 1.807) is 6.92 Å². The minimum atomic E-state index is -4.61. The number of hydrogen-bond donors (Lipinski definition) is 1. The van der Waals surface area contributed by atoms with Gasteiger partial charge in [0.05, 0.1) is 27.9 Å². The summed E-state index contributed by atoms with van der Waals surface area (Å²) in [6, 6.07) is 2.94. The average molecular weight is 345 g/mol. The Morgan fingerprint density at radius 1 is 1.39 bits per heavy atom. The summed E-state index contributed by atoms with van der Waals surface area (Å²) in [5.41, 5.74) is 0.196. The molecule has 0 bridgehead atoms. The van der Waals surface area contributed by atoms with E-state index in [4.69, 9.17) is 11.6 Å². The van der Waals surface area contributed by atoms with Gasteiger partial charge in [0, 0.05) is 13.0 Å². The van der Waals surface area contributed by atoms with Crippen LogP contribution in [0.15, 0.2) is 18.2 Å². The molecule has 1 aromatic carbocycles. The maximum atomic E-state index is 12.9. The number of rotatable bonds is 1. The maximum Gasteiger partial charge on any atom is 0.417 e. The minimum Gasteiger partial charge on any atom is -0.330 e. The lowest BCUT2D eigenvalue weighted by molar-refractivity contribution is -0.137. The largest absolute Gasteiger partial charge is 0.417 e. The van der Waals surface area contributed by atoms with Crippen LogP contribution in [-0.2, 0) is 12.6 Å². The number of alkyl halides is 3. The lowest BCUT2D eigenvalue weighted by atomic mass is 10.0. The SMILES string of the molecule is C[C@@H]1c2n[nH]nc2CCN1C(=O)c1cccc(C(F)(F)F)c1Cl. The summed E-state index contributed by atoms with van der Waals surface area (Å²) in [6.07, 6.45) is -4.13. The Kier molecular flexibility index (Phi) is 3.79. The molecule has 0 saturated heterocycles. The Labute approximate surface area is 134 Å². The van der Waals surface area contributed by atoms with Crippen LogP contribution in [0.5, 0.6) is 0 Å². The predicted octanol–water partition coefficient (Wildman–Crippen LogP) is 3.24. The molecule has 0 aliphatic carbocycles. The number of carbonyl (C=O) groups is 1. The number of fused-ring (bicyclic) bond motifs is 1. The van der Waals surface area contributed by atoms with Crippen molar-refractivity contribution in [1.29, 1.82) is 0 Å². The van der Waals surface area contributed by atoms with Gasteiger partial charge >= 0.3 is 6.18 Å². The highest BCUT2D eigenvalue weighted by Crippen LogP contribution is 2.37. The molecule has 3 rings (SSSR count). The quantitative estimate of drug-likeness (QED) is 0.864. The molecule has 1 atom stereocenters.